The summed E-state index contributed by atoms with van der Waals surface area (Å²) < 4.78 is 26.9. The van der Waals surface area contributed by atoms with Crippen LogP contribution in [0.25, 0.3) is 0 Å². The van der Waals surface area contributed by atoms with Crippen LogP contribution >= 0.6 is 11.8 Å². The van der Waals surface area contributed by atoms with Crippen LogP contribution in [0.1, 0.15) is 25.5 Å². The van der Waals surface area contributed by atoms with Gasteiger partial charge in [-0.2, -0.15) is 0 Å². The van der Waals surface area contributed by atoms with Gasteiger partial charge in [0.05, 0.1) is 0 Å². The largest absolute Gasteiger partial charge is 0.310 e. The summed E-state index contributed by atoms with van der Waals surface area (Å²) in [5.41, 5.74) is 0.924. The van der Waals surface area contributed by atoms with E-state index in [1.165, 1.54) is 23.9 Å². The van der Waals surface area contributed by atoms with E-state index >= 15 is 0 Å². The van der Waals surface area contributed by atoms with Crippen LogP contribution in [0.15, 0.2) is 52.3 Å². The topological polar surface area (TPSA) is 12.0 Å². The zero-order valence-corrected chi connectivity index (χ0v) is 12.3. The lowest BCUT2D eigenvalue weighted by Crippen LogP contribution is -2.17. The molecule has 2 aromatic rings. The molecule has 0 amide bonds. The van der Waals surface area contributed by atoms with Crippen LogP contribution in [0.2, 0.25) is 0 Å². The minimum Gasteiger partial charge on any atom is -0.310 e. The molecule has 1 nitrogen and oxygen atoms in total. The van der Waals surface area contributed by atoms with Crippen molar-refractivity contribution in [1.82, 2.24) is 5.32 Å². The fourth-order valence-corrected chi connectivity index (χ4v) is 2.74. The maximum atomic E-state index is 14.1. The number of halogens is 2. The van der Waals surface area contributed by atoms with Crippen LogP contribution in [0.5, 0.6) is 0 Å². The molecule has 1 N–H and O–H groups in total. The minimum atomic E-state index is -0.287. The van der Waals surface area contributed by atoms with Gasteiger partial charge in [0.15, 0.2) is 0 Å². The smallest absolute Gasteiger partial charge is 0.137 e. The van der Waals surface area contributed by atoms with Crippen molar-refractivity contribution in [2.75, 3.05) is 6.54 Å². The van der Waals surface area contributed by atoms with E-state index in [2.05, 4.69) is 5.32 Å². The third kappa shape index (κ3) is 3.81. The second-order valence-corrected chi connectivity index (χ2v) is 5.64. The van der Waals surface area contributed by atoms with Crippen molar-refractivity contribution >= 4 is 11.8 Å². The molecule has 2 rings (SSSR count). The number of rotatable bonds is 5. The number of nitrogens with one attached hydrogen (secondary N) is 1. The molecule has 0 spiro atoms. The van der Waals surface area contributed by atoms with E-state index in [4.69, 9.17) is 0 Å². The van der Waals surface area contributed by atoms with Gasteiger partial charge < -0.3 is 5.32 Å². The molecular formula is C16H17F2NS. The van der Waals surface area contributed by atoms with Gasteiger partial charge in [0, 0.05) is 15.8 Å². The van der Waals surface area contributed by atoms with E-state index in [1.54, 1.807) is 24.3 Å². The SMILES string of the molecule is CCNC(C)c1ccc(Sc2ccc(F)cc2)c(F)c1. The Hall–Kier alpha value is -1.39. The molecular weight excluding hydrogens is 276 g/mol. The Morgan fingerprint density at radius 2 is 1.80 bits per heavy atom. The summed E-state index contributed by atoms with van der Waals surface area (Å²) >= 11 is 1.29. The summed E-state index contributed by atoms with van der Waals surface area (Å²) in [6.07, 6.45) is 0. The summed E-state index contributed by atoms with van der Waals surface area (Å²) in [5.74, 6) is -0.536. The highest BCUT2D eigenvalue weighted by Crippen LogP contribution is 2.31. The third-order valence-corrected chi connectivity index (χ3v) is 4.07. The lowest BCUT2D eigenvalue weighted by Gasteiger charge is -2.13. The quantitative estimate of drug-likeness (QED) is 0.851. The number of hydrogen-bond donors (Lipinski definition) is 1. The fraction of sp³-hybridized carbons (Fsp3) is 0.250. The molecule has 1 unspecified atom stereocenters. The average Bonchev–Trinajstić information content (AvgIpc) is 2.43. The monoisotopic (exact) mass is 293 g/mol. The Morgan fingerprint density at radius 3 is 2.40 bits per heavy atom. The zero-order chi connectivity index (χ0) is 14.5. The molecule has 0 radical (unpaired) electrons. The van der Waals surface area contributed by atoms with E-state index in [-0.39, 0.29) is 17.7 Å². The van der Waals surface area contributed by atoms with Gasteiger partial charge in [0.25, 0.3) is 0 Å². The molecule has 4 heteroatoms. The lowest BCUT2D eigenvalue weighted by molar-refractivity contribution is 0.572. The van der Waals surface area contributed by atoms with Crippen molar-refractivity contribution in [2.24, 2.45) is 0 Å². The highest BCUT2D eigenvalue weighted by atomic mass is 32.2. The first-order valence-electron chi connectivity index (χ1n) is 6.56. The van der Waals surface area contributed by atoms with E-state index in [0.717, 1.165) is 17.0 Å². The first kappa shape index (κ1) is 15.0. The standard InChI is InChI=1S/C16H17F2NS/c1-3-19-11(2)12-4-9-16(15(18)10-12)20-14-7-5-13(17)6-8-14/h4-11,19H,3H2,1-2H3. The van der Waals surface area contributed by atoms with Crippen LogP contribution in [0.4, 0.5) is 8.78 Å². The summed E-state index contributed by atoms with van der Waals surface area (Å²) in [5, 5.41) is 3.25. The molecule has 0 fully saturated rings. The highest BCUT2D eigenvalue weighted by molar-refractivity contribution is 7.99. The molecule has 0 aliphatic rings. The molecule has 106 valence electrons. The van der Waals surface area contributed by atoms with Crippen molar-refractivity contribution in [3.8, 4) is 0 Å². The summed E-state index contributed by atoms with van der Waals surface area (Å²) in [4.78, 5) is 1.36. The summed E-state index contributed by atoms with van der Waals surface area (Å²) in [6.45, 7) is 4.87. The second kappa shape index (κ2) is 6.86. The molecule has 0 saturated heterocycles. The van der Waals surface area contributed by atoms with Crippen LogP contribution < -0.4 is 5.32 Å². The van der Waals surface area contributed by atoms with Crippen molar-refractivity contribution in [3.63, 3.8) is 0 Å². The third-order valence-electron chi connectivity index (χ3n) is 3.01. The molecule has 0 aromatic heterocycles. The van der Waals surface area contributed by atoms with Crippen LogP contribution in [-0.4, -0.2) is 6.54 Å². The van der Waals surface area contributed by atoms with Crippen molar-refractivity contribution < 1.29 is 8.78 Å². The summed E-state index contributed by atoms with van der Waals surface area (Å²) in [6, 6.07) is 11.4. The number of benzene rings is 2. The highest BCUT2D eigenvalue weighted by Gasteiger charge is 2.09. The lowest BCUT2D eigenvalue weighted by atomic mass is 10.1. The van der Waals surface area contributed by atoms with Gasteiger partial charge in [-0.3, -0.25) is 0 Å². The Morgan fingerprint density at radius 1 is 1.10 bits per heavy atom. The first-order valence-corrected chi connectivity index (χ1v) is 7.38. The molecule has 2 aromatic carbocycles. The van der Waals surface area contributed by atoms with Gasteiger partial charge >= 0.3 is 0 Å². The second-order valence-electron chi connectivity index (χ2n) is 4.53. The van der Waals surface area contributed by atoms with Crippen LogP contribution in [-0.2, 0) is 0 Å². The van der Waals surface area contributed by atoms with E-state index < -0.39 is 0 Å². The molecule has 0 aliphatic heterocycles. The van der Waals surface area contributed by atoms with Gasteiger partial charge in [-0.25, -0.2) is 8.78 Å². The predicted molar refractivity (Wildman–Crippen MR) is 79.0 cm³/mol. The van der Waals surface area contributed by atoms with Crippen molar-refractivity contribution in [3.05, 3.63) is 59.7 Å². The normalized spacial score (nSPS) is 12.4. The van der Waals surface area contributed by atoms with Gasteiger partial charge in [-0.1, -0.05) is 24.8 Å². The molecule has 20 heavy (non-hydrogen) atoms. The van der Waals surface area contributed by atoms with Gasteiger partial charge in [0.1, 0.15) is 11.6 Å². The Labute approximate surface area is 122 Å². The average molecular weight is 293 g/mol. The maximum absolute atomic E-state index is 14.1. The van der Waals surface area contributed by atoms with Gasteiger partial charge in [-0.05, 0) is 55.4 Å². The first-order chi connectivity index (χ1) is 9.60. The van der Waals surface area contributed by atoms with E-state index in [0.29, 0.717) is 4.90 Å². The maximum Gasteiger partial charge on any atom is 0.137 e. The van der Waals surface area contributed by atoms with Gasteiger partial charge in [0.2, 0.25) is 0 Å². The minimum absolute atomic E-state index is 0.124. The van der Waals surface area contributed by atoms with Crippen LogP contribution in [0, 0.1) is 11.6 Å². The Bertz CT molecular complexity index is 569. The zero-order valence-electron chi connectivity index (χ0n) is 11.5. The Balaban J connectivity index is 2.15. The molecule has 0 heterocycles. The molecule has 0 saturated carbocycles. The van der Waals surface area contributed by atoms with Gasteiger partial charge in [-0.15, -0.1) is 0 Å². The summed E-state index contributed by atoms with van der Waals surface area (Å²) in [7, 11) is 0. The van der Waals surface area contributed by atoms with Crippen molar-refractivity contribution in [2.45, 2.75) is 29.7 Å². The Kier molecular flexibility index (Phi) is 5.15. The molecule has 0 bridgehead atoms. The fourth-order valence-electron chi connectivity index (χ4n) is 1.92. The van der Waals surface area contributed by atoms with Crippen LogP contribution in [0.3, 0.4) is 0 Å². The van der Waals surface area contributed by atoms with Crippen molar-refractivity contribution in [1.29, 1.82) is 0 Å². The number of hydrogen-bond acceptors (Lipinski definition) is 2. The molecule has 1 atom stereocenters. The van der Waals surface area contributed by atoms with E-state index in [9.17, 15) is 8.78 Å². The van der Waals surface area contributed by atoms with E-state index in [1.807, 2.05) is 19.9 Å². The molecule has 0 aliphatic carbocycles. The predicted octanol–water partition coefficient (Wildman–Crippen LogP) is 4.79.